The van der Waals surface area contributed by atoms with Crippen molar-refractivity contribution < 1.29 is 4.42 Å². The minimum absolute atomic E-state index is 0.456. The number of furan rings is 1. The van der Waals surface area contributed by atoms with Crippen molar-refractivity contribution in [1.82, 2.24) is 0 Å². The van der Waals surface area contributed by atoms with E-state index in [1.807, 2.05) is 35.7 Å². The third-order valence-electron chi connectivity index (χ3n) is 16.0. The van der Waals surface area contributed by atoms with E-state index in [1.54, 1.807) is 0 Å². The largest absolute Gasteiger partial charge is 0.456 e. The molecule has 0 radical (unpaired) electrons. The lowest BCUT2D eigenvalue weighted by molar-refractivity contribution is 0.669. The summed E-state index contributed by atoms with van der Waals surface area (Å²) in [6, 6.07) is 93.1. The molecular weight excluding hydrogens is 911 g/mol. The van der Waals surface area contributed by atoms with Crippen LogP contribution in [-0.4, -0.2) is 0 Å². The lowest BCUT2D eigenvalue weighted by Gasteiger charge is -2.40. The van der Waals surface area contributed by atoms with E-state index in [2.05, 4.69) is 241 Å². The molecule has 0 saturated carbocycles. The van der Waals surface area contributed by atoms with Crippen LogP contribution < -0.4 is 4.90 Å². The topological polar surface area (TPSA) is 16.4 Å². The maximum Gasteiger partial charge on any atom is 0.135 e. The van der Waals surface area contributed by atoms with Gasteiger partial charge in [-0.2, -0.15) is 0 Å². The van der Waals surface area contributed by atoms with E-state index in [0.717, 1.165) is 50.1 Å². The van der Waals surface area contributed by atoms with Crippen molar-refractivity contribution >= 4 is 62.5 Å². The molecule has 12 aromatic rings. The van der Waals surface area contributed by atoms with Gasteiger partial charge in [-0.1, -0.05) is 193 Å². The molecule has 1 aromatic heterocycles. The average molecular weight is 952 g/mol. The molecule has 0 unspecified atom stereocenters. The first kappa shape index (κ1) is 40.4. The van der Waals surface area contributed by atoms with Crippen molar-refractivity contribution in [3.63, 3.8) is 0 Å². The van der Waals surface area contributed by atoms with Crippen LogP contribution in [0.3, 0.4) is 0 Å². The number of anilines is 3. The number of nitrogens with zero attached hydrogens (tertiary/aromatic N) is 1. The smallest absolute Gasteiger partial charge is 0.135 e. The van der Waals surface area contributed by atoms with Crippen LogP contribution in [0.4, 0.5) is 17.1 Å². The molecule has 2 aliphatic carbocycles. The van der Waals surface area contributed by atoms with Gasteiger partial charge in [0.1, 0.15) is 11.2 Å². The predicted octanol–water partition coefficient (Wildman–Crippen LogP) is 18.4. The zero-order valence-corrected chi connectivity index (χ0v) is 40.5. The summed E-state index contributed by atoms with van der Waals surface area (Å²) in [5.41, 5.74) is 22.2. The maximum atomic E-state index is 6.24. The van der Waals surface area contributed by atoms with Gasteiger partial charge in [-0.25, -0.2) is 0 Å². The number of hydrogen-bond donors (Lipinski definition) is 0. The maximum absolute atomic E-state index is 6.24. The molecule has 0 fully saturated rings. The summed E-state index contributed by atoms with van der Waals surface area (Å²) < 4.78 is 6.24. The van der Waals surface area contributed by atoms with Gasteiger partial charge in [-0.3, -0.25) is 0 Å². The Morgan fingerprint density at radius 1 is 0.278 bits per heavy atom. The Labute approximate surface area is 426 Å². The molecule has 72 heavy (non-hydrogen) atoms. The normalized spacial score (nSPS) is 14.5. The Kier molecular flexibility index (Phi) is 8.49. The predicted molar refractivity (Wildman–Crippen MR) is 297 cm³/mol. The zero-order chi connectivity index (χ0) is 47.1. The quantitative estimate of drug-likeness (QED) is 0.175. The molecule has 0 saturated heterocycles. The van der Waals surface area contributed by atoms with Gasteiger partial charge in [0, 0.05) is 47.4 Å². The van der Waals surface area contributed by atoms with Crippen LogP contribution in [0.5, 0.6) is 0 Å². The molecule has 0 atom stereocenters. The minimum Gasteiger partial charge on any atom is -0.456 e. The second kappa shape index (κ2) is 15.1. The third-order valence-corrected chi connectivity index (χ3v) is 18.3. The van der Waals surface area contributed by atoms with E-state index in [9.17, 15) is 0 Å². The lowest BCUT2D eigenvalue weighted by Crippen LogP contribution is -2.32. The lowest BCUT2D eigenvalue weighted by atomic mass is 9.67. The van der Waals surface area contributed by atoms with E-state index in [4.69, 9.17) is 4.42 Å². The van der Waals surface area contributed by atoms with Crippen molar-refractivity contribution in [2.45, 2.75) is 30.4 Å². The summed E-state index contributed by atoms with van der Waals surface area (Å²) in [4.78, 5) is 7.71. The highest BCUT2D eigenvalue weighted by atomic mass is 32.2. The molecule has 3 heterocycles. The second-order valence-electron chi connectivity index (χ2n) is 19.4. The number of fused-ring (bicyclic) bond motifs is 21. The fraction of sp³-hybridized carbons (Fsp3) is 0.0294. The SMILES string of the molecule is c1ccc2c(c1)Sc1ccccc1C21c2ccccc2-c2cc(N(c3ccc(-c4ccc5oc6ccccc6c5c4)cc3)c3ccc4c(c3)C3(c5ccccc5Sc5ccccc53)c3ccccc3-4)ccc21. The van der Waals surface area contributed by atoms with Crippen LogP contribution in [0.1, 0.15) is 44.5 Å². The van der Waals surface area contributed by atoms with Crippen LogP contribution in [-0.2, 0) is 10.8 Å². The summed E-state index contributed by atoms with van der Waals surface area (Å²) in [7, 11) is 0. The molecule has 4 aliphatic rings. The molecule has 11 aromatic carbocycles. The first-order chi connectivity index (χ1) is 35.7. The van der Waals surface area contributed by atoms with Crippen LogP contribution in [0, 0.1) is 0 Å². The highest BCUT2D eigenvalue weighted by Crippen LogP contribution is 2.65. The first-order valence-electron chi connectivity index (χ1n) is 24.7. The molecule has 2 nitrogen and oxygen atoms in total. The van der Waals surface area contributed by atoms with Crippen molar-refractivity contribution in [2.24, 2.45) is 0 Å². The number of para-hydroxylation sites is 1. The molecule has 2 aliphatic heterocycles. The van der Waals surface area contributed by atoms with Gasteiger partial charge >= 0.3 is 0 Å². The summed E-state index contributed by atoms with van der Waals surface area (Å²) >= 11 is 3.77. The number of hydrogen-bond acceptors (Lipinski definition) is 4. The molecule has 0 amide bonds. The zero-order valence-electron chi connectivity index (χ0n) is 38.8. The van der Waals surface area contributed by atoms with E-state index < -0.39 is 10.8 Å². The highest BCUT2D eigenvalue weighted by Gasteiger charge is 2.52. The average Bonchev–Trinajstić information content (AvgIpc) is 4.07. The second-order valence-corrected chi connectivity index (χ2v) is 21.6. The van der Waals surface area contributed by atoms with Crippen LogP contribution in [0.25, 0.3) is 55.3 Å². The first-order valence-corrected chi connectivity index (χ1v) is 26.4. The summed E-state index contributed by atoms with van der Waals surface area (Å²) in [6.45, 7) is 0. The molecule has 4 heteroatoms. The Hall–Kier alpha value is -8.28. The molecule has 0 bridgehead atoms. The van der Waals surface area contributed by atoms with E-state index in [1.165, 1.54) is 86.3 Å². The Balaban J connectivity index is 0.929. The van der Waals surface area contributed by atoms with Crippen LogP contribution >= 0.6 is 23.5 Å². The van der Waals surface area contributed by atoms with Crippen molar-refractivity contribution in [3.8, 4) is 33.4 Å². The van der Waals surface area contributed by atoms with E-state index in [-0.39, 0.29) is 0 Å². The van der Waals surface area contributed by atoms with Gasteiger partial charge in [0.25, 0.3) is 0 Å². The van der Waals surface area contributed by atoms with Gasteiger partial charge in [-0.15, -0.1) is 0 Å². The number of rotatable bonds is 4. The van der Waals surface area contributed by atoms with Crippen molar-refractivity contribution in [1.29, 1.82) is 0 Å². The van der Waals surface area contributed by atoms with Gasteiger partial charge in [-0.05, 0) is 157 Å². The highest BCUT2D eigenvalue weighted by molar-refractivity contribution is 7.99. The van der Waals surface area contributed by atoms with Crippen molar-refractivity contribution in [3.05, 3.63) is 293 Å². The number of benzene rings is 11. The standard InChI is InChI=1S/C68H41NOS2/c1-4-18-53-47(15-1)49-36-34-46(41-60(49)68(53)58-22-8-13-27-65(58)72-66-28-14-9-23-59(66)68)69(44-32-29-42(30-33-44)43-31-38-62-52(39-43)50-17-3-10-24-61(50)70-62)45-35-37-55-51(40-45)48-16-2-5-19-54(48)67(55)56-20-6-11-25-63(56)71-64-26-12-7-21-57(64)67/h1-41H. The molecule has 336 valence electrons. The van der Waals surface area contributed by atoms with E-state index in [0.29, 0.717) is 0 Å². The van der Waals surface area contributed by atoms with Crippen molar-refractivity contribution in [2.75, 3.05) is 4.90 Å². The Morgan fingerprint density at radius 3 is 1.33 bits per heavy atom. The van der Waals surface area contributed by atoms with Crippen LogP contribution in [0.2, 0.25) is 0 Å². The van der Waals surface area contributed by atoms with Gasteiger partial charge in [0.05, 0.1) is 10.8 Å². The van der Waals surface area contributed by atoms with Gasteiger partial charge in [0.15, 0.2) is 0 Å². The van der Waals surface area contributed by atoms with Gasteiger partial charge in [0.2, 0.25) is 0 Å². The fourth-order valence-corrected chi connectivity index (χ4v) is 15.5. The minimum atomic E-state index is -0.505. The van der Waals surface area contributed by atoms with Gasteiger partial charge < -0.3 is 9.32 Å². The Bertz CT molecular complexity index is 4170. The summed E-state index contributed by atoms with van der Waals surface area (Å²) in [5.74, 6) is 0. The summed E-state index contributed by atoms with van der Waals surface area (Å²) in [6.07, 6.45) is 0. The molecular formula is C68H41NOS2. The van der Waals surface area contributed by atoms with E-state index >= 15 is 0 Å². The molecule has 0 N–H and O–H groups in total. The molecule has 16 rings (SSSR count). The molecule has 2 spiro atoms. The third kappa shape index (κ3) is 5.38. The fourth-order valence-electron chi connectivity index (χ4n) is 13.1. The van der Waals surface area contributed by atoms with Crippen LogP contribution in [0.15, 0.2) is 273 Å². The summed E-state index contributed by atoms with van der Waals surface area (Å²) in [5, 5.41) is 2.26. The monoisotopic (exact) mass is 951 g/mol. The Morgan fingerprint density at radius 2 is 0.708 bits per heavy atom.